The zero-order chi connectivity index (χ0) is 9.30. The minimum absolute atomic E-state index is 0.0584. The molecular formula is C7H6ClFN2O. The summed E-state index contributed by atoms with van der Waals surface area (Å²) in [5, 5.41) is 15.9. The molecule has 0 atom stereocenters. The maximum absolute atomic E-state index is 12.7. The first-order valence-corrected chi connectivity index (χ1v) is 3.42. The van der Waals surface area contributed by atoms with Crippen LogP contribution in [0.25, 0.3) is 0 Å². The van der Waals surface area contributed by atoms with E-state index < -0.39 is 11.7 Å². The summed E-state index contributed by atoms with van der Waals surface area (Å²) < 4.78 is 12.7. The van der Waals surface area contributed by atoms with E-state index in [1.54, 1.807) is 0 Å². The Morgan fingerprint density at radius 2 is 2.17 bits per heavy atom. The highest BCUT2D eigenvalue weighted by atomic mass is 35.5. The second kappa shape index (κ2) is 2.98. The smallest absolute Gasteiger partial charge is 0.142 e. The van der Waals surface area contributed by atoms with Crippen molar-refractivity contribution in [2.75, 3.05) is 0 Å². The van der Waals surface area contributed by atoms with Gasteiger partial charge in [-0.05, 0) is 6.07 Å². The highest BCUT2D eigenvalue weighted by molar-refractivity contribution is 6.31. The van der Waals surface area contributed by atoms with Gasteiger partial charge in [0.25, 0.3) is 0 Å². The molecule has 0 saturated heterocycles. The van der Waals surface area contributed by atoms with Gasteiger partial charge in [-0.25, -0.2) is 4.39 Å². The number of phenolic OH excluding ortho intramolecular Hbond substituents is 1. The molecule has 5 heteroatoms. The summed E-state index contributed by atoms with van der Waals surface area (Å²) in [6.45, 7) is 0. The van der Waals surface area contributed by atoms with Gasteiger partial charge in [-0.3, -0.25) is 5.41 Å². The number of phenols is 1. The zero-order valence-corrected chi connectivity index (χ0v) is 6.69. The molecule has 0 aliphatic rings. The Kier molecular flexibility index (Phi) is 2.19. The fraction of sp³-hybridized carbons (Fsp3) is 0. The van der Waals surface area contributed by atoms with E-state index in [2.05, 4.69) is 0 Å². The lowest BCUT2D eigenvalue weighted by Crippen LogP contribution is -2.11. The van der Waals surface area contributed by atoms with Crippen LogP contribution in [0.3, 0.4) is 0 Å². The first-order chi connectivity index (χ1) is 5.52. The number of benzene rings is 1. The number of nitrogens with one attached hydrogen (secondary N) is 1. The lowest BCUT2D eigenvalue weighted by atomic mass is 10.2. The Hall–Kier alpha value is -1.29. The molecule has 0 aromatic heterocycles. The lowest BCUT2D eigenvalue weighted by molar-refractivity contribution is 0.472. The van der Waals surface area contributed by atoms with E-state index in [9.17, 15) is 4.39 Å². The van der Waals surface area contributed by atoms with Crippen molar-refractivity contribution in [1.29, 1.82) is 5.41 Å². The lowest BCUT2D eigenvalue weighted by Gasteiger charge is -2.02. The number of rotatable bonds is 1. The number of nitrogens with two attached hydrogens (primary N) is 1. The topological polar surface area (TPSA) is 70.1 Å². The predicted octanol–water partition coefficient (Wildman–Crippen LogP) is 1.47. The third kappa shape index (κ3) is 1.48. The van der Waals surface area contributed by atoms with E-state index in [0.29, 0.717) is 0 Å². The van der Waals surface area contributed by atoms with Crippen LogP contribution in [0, 0.1) is 11.2 Å². The van der Waals surface area contributed by atoms with Gasteiger partial charge in [0.05, 0.1) is 10.6 Å². The molecule has 0 bridgehead atoms. The second-order valence-electron chi connectivity index (χ2n) is 2.20. The number of hydrogen-bond donors (Lipinski definition) is 3. The molecule has 0 aliphatic heterocycles. The van der Waals surface area contributed by atoms with E-state index in [4.69, 9.17) is 27.9 Å². The third-order valence-corrected chi connectivity index (χ3v) is 1.62. The van der Waals surface area contributed by atoms with Crippen LogP contribution in [0.15, 0.2) is 12.1 Å². The van der Waals surface area contributed by atoms with Gasteiger partial charge in [-0.15, -0.1) is 0 Å². The Balaban J connectivity index is 3.33. The summed E-state index contributed by atoms with van der Waals surface area (Å²) in [5.41, 5.74) is 4.99. The van der Waals surface area contributed by atoms with E-state index in [0.717, 1.165) is 12.1 Å². The third-order valence-electron chi connectivity index (χ3n) is 1.33. The molecule has 1 aromatic rings. The minimum atomic E-state index is -0.709. The van der Waals surface area contributed by atoms with Crippen molar-refractivity contribution in [2.24, 2.45) is 5.73 Å². The molecule has 0 unspecified atom stereocenters. The van der Waals surface area contributed by atoms with Crippen molar-refractivity contribution >= 4 is 17.4 Å². The molecule has 1 rings (SSSR count). The highest BCUT2D eigenvalue weighted by Gasteiger charge is 2.09. The molecule has 0 fully saturated rings. The monoisotopic (exact) mass is 188 g/mol. The van der Waals surface area contributed by atoms with Crippen LogP contribution in [0.5, 0.6) is 5.75 Å². The number of nitrogen functional groups attached to an aromatic ring is 1. The summed E-state index contributed by atoms with van der Waals surface area (Å²) in [6.07, 6.45) is 0. The average molecular weight is 189 g/mol. The molecule has 0 radical (unpaired) electrons. The van der Waals surface area contributed by atoms with Crippen molar-refractivity contribution in [3.63, 3.8) is 0 Å². The maximum Gasteiger partial charge on any atom is 0.142 e. The molecule has 0 amide bonds. The van der Waals surface area contributed by atoms with Gasteiger partial charge < -0.3 is 10.8 Å². The molecule has 0 spiro atoms. The summed E-state index contributed by atoms with van der Waals surface area (Å²) in [7, 11) is 0. The number of hydrogen-bond acceptors (Lipinski definition) is 2. The summed E-state index contributed by atoms with van der Waals surface area (Å²) >= 11 is 5.34. The molecule has 4 N–H and O–H groups in total. The maximum atomic E-state index is 12.7. The van der Waals surface area contributed by atoms with Gasteiger partial charge in [0.1, 0.15) is 17.4 Å². The molecule has 64 valence electrons. The first-order valence-electron chi connectivity index (χ1n) is 3.04. The van der Waals surface area contributed by atoms with Crippen LogP contribution in [-0.4, -0.2) is 10.9 Å². The van der Waals surface area contributed by atoms with Gasteiger partial charge in [-0.1, -0.05) is 11.6 Å². The van der Waals surface area contributed by atoms with Crippen LogP contribution in [0.4, 0.5) is 4.39 Å². The predicted molar refractivity (Wildman–Crippen MR) is 44.1 cm³/mol. The summed E-state index contributed by atoms with van der Waals surface area (Å²) in [6, 6.07) is 1.92. The second-order valence-corrected chi connectivity index (χ2v) is 2.60. The van der Waals surface area contributed by atoms with E-state index in [1.165, 1.54) is 0 Å². The van der Waals surface area contributed by atoms with Gasteiger partial charge in [0.2, 0.25) is 0 Å². The van der Waals surface area contributed by atoms with E-state index >= 15 is 0 Å². The molecule has 0 heterocycles. The van der Waals surface area contributed by atoms with Crippen molar-refractivity contribution in [3.05, 3.63) is 28.5 Å². The van der Waals surface area contributed by atoms with E-state index in [1.807, 2.05) is 0 Å². The number of aromatic hydroxyl groups is 1. The van der Waals surface area contributed by atoms with Crippen molar-refractivity contribution < 1.29 is 9.50 Å². The van der Waals surface area contributed by atoms with Crippen molar-refractivity contribution in [1.82, 2.24) is 0 Å². The van der Waals surface area contributed by atoms with Gasteiger partial charge in [-0.2, -0.15) is 0 Å². The Bertz CT molecular complexity index is 340. The Labute approximate surface area is 73.1 Å². The molecule has 12 heavy (non-hydrogen) atoms. The molecule has 0 aliphatic carbocycles. The van der Waals surface area contributed by atoms with Crippen molar-refractivity contribution in [3.8, 4) is 5.75 Å². The van der Waals surface area contributed by atoms with Gasteiger partial charge >= 0.3 is 0 Å². The summed E-state index contributed by atoms with van der Waals surface area (Å²) in [4.78, 5) is 0. The van der Waals surface area contributed by atoms with Crippen LogP contribution >= 0.6 is 11.6 Å². The molecule has 1 aromatic carbocycles. The highest BCUT2D eigenvalue weighted by Crippen LogP contribution is 2.24. The van der Waals surface area contributed by atoms with Gasteiger partial charge in [0, 0.05) is 6.07 Å². The van der Waals surface area contributed by atoms with Crippen LogP contribution < -0.4 is 5.73 Å². The van der Waals surface area contributed by atoms with Crippen LogP contribution in [0.1, 0.15) is 5.56 Å². The minimum Gasteiger partial charge on any atom is -0.507 e. The largest absolute Gasteiger partial charge is 0.507 e. The average Bonchev–Trinajstić information content (AvgIpc) is 1.96. The Morgan fingerprint density at radius 3 is 2.67 bits per heavy atom. The summed E-state index contributed by atoms with van der Waals surface area (Å²) in [5.74, 6) is -1.41. The van der Waals surface area contributed by atoms with Crippen molar-refractivity contribution in [2.45, 2.75) is 0 Å². The first kappa shape index (κ1) is 8.80. The van der Waals surface area contributed by atoms with Crippen LogP contribution in [-0.2, 0) is 0 Å². The quantitative estimate of drug-likeness (QED) is 0.461. The number of halogens is 2. The Morgan fingerprint density at radius 1 is 1.58 bits per heavy atom. The SMILES string of the molecule is N=C(N)c1cc(F)c(Cl)cc1O. The van der Waals surface area contributed by atoms with Crippen LogP contribution in [0.2, 0.25) is 5.02 Å². The molecule has 0 saturated carbocycles. The number of amidine groups is 1. The molecule has 3 nitrogen and oxygen atoms in total. The zero-order valence-electron chi connectivity index (χ0n) is 5.94. The van der Waals surface area contributed by atoms with E-state index in [-0.39, 0.29) is 16.3 Å². The fourth-order valence-electron chi connectivity index (χ4n) is 0.752. The molecular weight excluding hydrogens is 183 g/mol. The fourth-order valence-corrected chi connectivity index (χ4v) is 0.910. The van der Waals surface area contributed by atoms with Gasteiger partial charge in [0.15, 0.2) is 0 Å². The standard InChI is InChI=1S/C7H6ClFN2O/c8-4-2-6(12)3(7(10)11)1-5(4)9/h1-2,12H,(H3,10,11). The normalized spacial score (nSPS) is 9.83.